The number of benzene rings is 3. The fourth-order valence-electron chi connectivity index (χ4n) is 3.04. The minimum absolute atomic E-state index is 0.103. The first-order valence-corrected chi connectivity index (χ1v) is 10.2. The van der Waals surface area contributed by atoms with Gasteiger partial charge in [0.05, 0.1) is 13.7 Å². The van der Waals surface area contributed by atoms with Gasteiger partial charge in [0.1, 0.15) is 5.75 Å². The van der Waals surface area contributed by atoms with Crippen LogP contribution in [-0.4, -0.2) is 26.2 Å². The van der Waals surface area contributed by atoms with Crippen LogP contribution in [0.1, 0.15) is 18.1 Å². The van der Waals surface area contributed by atoms with Gasteiger partial charge in [-0.1, -0.05) is 18.2 Å². The number of methoxy groups -OCH3 is 1. The van der Waals surface area contributed by atoms with E-state index in [1.54, 1.807) is 7.11 Å². The van der Waals surface area contributed by atoms with Crippen molar-refractivity contribution in [1.29, 1.82) is 0 Å². The lowest BCUT2D eigenvalue weighted by molar-refractivity contribution is -0.118. The van der Waals surface area contributed by atoms with E-state index in [-0.39, 0.29) is 12.5 Å². The third-order valence-corrected chi connectivity index (χ3v) is 4.55. The second kappa shape index (κ2) is 10.9. The van der Waals surface area contributed by atoms with Crippen LogP contribution in [0.5, 0.6) is 17.2 Å². The predicted molar refractivity (Wildman–Crippen MR) is 123 cm³/mol. The average Bonchev–Trinajstić information content (AvgIpc) is 2.77. The molecule has 0 fully saturated rings. The minimum Gasteiger partial charge on any atom is -0.494 e. The van der Waals surface area contributed by atoms with Crippen LogP contribution < -0.4 is 24.8 Å². The van der Waals surface area contributed by atoms with Crippen LogP contribution >= 0.6 is 0 Å². The van der Waals surface area contributed by atoms with E-state index in [9.17, 15) is 4.79 Å². The largest absolute Gasteiger partial charge is 0.494 e. The van der Waals surface area contributed by atoms with Crippen molar-refractivity contribution in [3.63, 3.8) is 0 Å². The number of carbonyl (C=O) groups is 1. The second-order valence-electron chi connectivity index (χ2n) is 7.00. The van der Waals surface area contributed by atoms with Gasteiger partial charge in [0.15, 0.2) is 18.1 Å². The van der Waals surface area contributed by atoms with E-state index < -0.39 is 0 Å². The SMILES string of the molecule is CCOc1ccc(NCc2ccc(OCC(=O)Nc3cccc(C)c3)c(OC)c2)cc1. The van der Waals surface area contributed by atoms with Gasteiger partial charge in [-0.25, -0.2) is 0 Å². The van der Waals surface area contributed by atoms with E-state index in [1.807, 2.05) is 80.6 Å². The Bertz CT molecular complexity index is 1000. The van der Waals surface area contributed by atoms with E-state index in [0.717, 1.165) is 28.3 Å². The highest BCUT2D eigenvalue weighted by Gasteiger charge is 2.09. The Hall–Kier alpha value is -3.67. The third kappa shape index (κ3) is 6.67. The molecule has 0 aliphatic heterocycles. The summed E-state index contributed by atoms with van der Waals surface area (Å²) in [6.45, 7) is 5.11. The maximum absolute atomic E-state index is 12.2. The molecular weight excluding hydrogens is 392 g/mol. The fraction of sp³-hybridized carbons (Fsp3) is 0.240. The smallest absolute Gasteiger partial charge is 0.262 e. The Morgan fingerprint density at radius 3 is 2.42 bits per heavy atom. The second-order valence-corrected chi connectivity index (χ2v) is 7.00. The molecule has 6 heteroatoms. The molecule has 0 bridgehead atoms. The maximum Gasteiger partial charge on any atom is 0.262 e. The molecule has 162 valence electrons. The summed E-state index contributed by atoms with van der Waals surface area (Å²) in [4.78, 5) is 12.2. The molecule has 0 saturated heterocycles. The number of rotatable bonds is 10. The van der Waals surface area contributed by atoms with E-state index >= 15 is 0 Å². The molecule has 0 atom stereocenters. The zero-order valence-electron chi connectivity index (χ0n) is 18.1. The lowest BCUT2D eigenvalue weighted by atomic mass is 10.2. The van der Waals surface area contributed by atoms with Crippen LogP contribution in [0.25, 0.3) is 0 Å². The first-order chi connectivity index (χ1) is 15.1. The van der Waals surface area contributed by atoms with Gasteiger partial charge in [-0.15, -0.1) is 0 Å². The van der Waals surface area contributed by atoms with Crippen LogP contribution in [0.2, 0.25) is 0 Å². The predicted octanol–water partition coefficient (Wildman–Crippen LogP) is 5.03. The first kappa shape index (κ1) is 22.0. The lowest BCUT2D eigenvalue weighted by Crippen LogP contribution is -2.20. The molecular formula is C25H28N2O4. The summed E-state index contributed by atoms with van der Waals surface area (Å²) in [5, 5.41) is 6.20. The summed E-state index contributed by atoms with van der Waals surface area (Å²) < 4.78 is 16.6. The van der Waals surface area contributed by atoms with Crippen molar-refractivity contribution in [2.24, 2.45) is 0 Å². The zero-order valence-corrected chi connectivity index (χ0v) is 18.1. The Balaban J connectivity index is 1.54. The van der Waals surface area contributed by atoms with Crippen LogP contribution in [-0.2, 0) is 11.3 Å². The number of anilines is 2. The van der Waals surface area contributed by atoms with E-state index in [4.69, 9.17) is 14.2 Å². The summed E-state index contributed by atoms with van der Waals surface area (Å²) in [6, 6.07) is 21.1. The third-order valence-electron chi connectivity index (χ3n) is 4.55. The number of amides is 1. The molecule has 0 saturated carbocycles. The minimum atomic E-state index is -0.228. The van der Waals surface area contributed by atoms with Gasteiger partial charge in [0, 0.05) is 17.9 Å². The van der Waals surface area contributed by atoms with Gasteiger partial charge in [0.2, 0.25) is 0 Å². The highest BCUT2D eigenvalue weighted by Crippen LogP contribution is 2.28. The molecule has 0 aliphatic rings. The molecule has 6 nitrogen and oxygen atoms in total. The number of aryl methyl sites for hydroxylation is 1. The van der Waals surface area contributed by atoms with Gasteiger partial charge in [-0.2, -0.15) is 0 Å². The lowest BCUT2D eigenvalue weighted by Gasteiger charge is -2.13. The number of ether oxygens (including phenoxy) is 3. The number of hydrogen-bond acceptors (Lipinski definition) is 5. The van der Waals surface area contributed by atoms with Crippen molar-refractivity contribution < 1.29 is 19.0 Å². The molecule has 3 aromatic carbocycles. The highest BCUT2D eigenvalue weighted by atomic mass is 16.5. The maximum atomic E-state index is 12.2. The standard InChI is InChI=1S/C25H28N2O4/c1-4-30-22-11-9-20(10-12-22)26-16-19-8-13-23(24(15-19)29-3)31-17-25(28)27-21-7-5-6-18(2)14-21/h5-15,26H,4,16-17H2,1-3H3,(H,27,28). The molecule has 0 unspecified atom stereocenters. The molecule has 0 heterocycles. The summed E-state index contributed by atoms with van der Waals surface area (Å²) in [5.41, 5.74) is 3.85. The monoisotopic (exact) mass is 420 g/mol. The average molecular weight is 421 g/mol. The van der Waals surface area contributed by atoms with Gasteiger partial charge in [0.25, 0.3) is 5.91 Å². The molecule has 0 aliphatic carbocycles. The van der Waals surface area contributed by atoms with Crippen molar-refractivity contribution in [2.75, 3.05) is 31.0 Å². The summed E-state index contributed by atoms with van der Waals surface area (Å²) in [5.74, 6) is 1.72. The van der Waals surface area contributed by atoms with Crippen LogP contribution in [0, 0.1) is 6.92 Å². The number of hydrogen-bond donors (Lipinski definition) is 2. The van der Waals surface area contributed by atoms with E-state index in [2.05, 4.69) is 10.6 Å². The Kier molecular flexibility index (Phi) is 7.76. The number of carbonyl (C=O) groups excluding carboxylic acids is 1. The van der Waals surface area contributed by atoms with Crippen molar-refractivity contribution >= 4 is 17.3 Å². The quantitative estimate of drug-likeness (QED) is 0.481. The molecule has 3 aromatic rings. The molecule has 3 rings (SSSR count). The van der Waals surface area contributed by atoms with Gasteiger partial charge < -0.3 is 24.8 Å². The fourth-order valence-corrected chi connectivity index (χ4v) is 3.04. The van der Waals surface area contributed by atoms with Gasteiger partial charge >= 0.3 is 0 Å². The van der Waals surface area contributed by atoms with E-state index in [1.165, 1.54) is 0 Å². The van der Waals surface area contributed by atoms with Crippen LogP contribution in [0.15, 0.2) is 66.7 Å². The van der Waals surface area contributed by atoms with Crippen molar-refractivity contribution in [1.82, 2.24) is 0 Å². The van der Waals surface area contributed by atoms with Gasteiger partial charge in [-0.3, -0.25) is 4.79 Å². The molecule has 0 aromatic heterocycles. The topological polar surface area (TPSA) is 68.8 Å². The normalized spacial score (nSPS) is 10.3. The molecule has 1 amide bonds. The van der Waals surface area contributed by atoms with Crippen LogP contribution in [0.3, 0.4) is 0 Å². The van der Waals surface area contributed by atoms with Gasteiger partial charge in [-0.05, 0) is 73.5 Å². The summed E-state index contributed by atoms with van der Waals surface area (Å²) in [7, 11) is 1.58. The molecule has 0 radical (unpaired) electrons. The molecule has 0 spiro atoms. The van der Waals surface area contributed by atoms with Crippen molar-refractivity contribution in [3.8, 4) is 17.2 Å². The van der Waals surface area contributed by atoms with Crippen molar-refractivity contribution in [3.05, 3.63) is 77.9 Å². The number of nitrogens with one attached hydrogen (secondary N) is 2. The Morgan fingerprint density at radius 1 is 0.903 bits per heavy atom. The Morgan fingerprint density at radius 2 is 1.71 bits per heavy atom. The van der Waals surface area contributed by atoms with Crippen LogP contribution in [0.4, 0.5) is 11.4 Å². The summed E-state index contributed by atoms with van der Waals surface area (Å²) >= 11 is 0. The first-order valence-electron chi connectivity index (χ1n) is 10.2. The molecule has 31 heavy (non-hydrogen) atoms. The highest BCUT2D eigenvalue weighted by molar-refractivity contribution is 5.92. The van der Waals surface area contributed by atoms with Crippen molar-refractivity contribution in [2.45, 2.75) is 20.4 Å². The summed E-state index contributed by atoms with van der Waals surface area (Å²) in [6.07, 6.45) is 0. The van der Waals surface area contributed by atoms with E-state index in [0.29, 0.717) is 24.7 Å². The molecule has 2 N–H and O–H groups in total. The Labute approximate surface area is 183 Å². The zero-order chi connectivity index (χ0) is 22.1.